The zero-order chi connectivity index (χ0) is 9.68. The Morgan fingerprint density at radius 2 is 2.54 bits per heavy atom. The first kappa shape index (κ1) is 9.80. The molecule has 1 aromatic rings. The standard InChI is InChI=1S/C8H7N3OSe/c1-6(12)2-3-8-7(10-11-9)4-5-13-8/h2-5H,1H3/b3-2+. The van der Waals surface area contributed by atoms with E-state index in [2.05, 4.69) is 10.0 Å². The van der Waals surface area contributed by atoms with Crippen molar-refractivity contribution in [2.45, 2.75) is 6.92 Å². The summed E-state index contributed by atoms with van der Waals surface area (Å²) in [6.45, 7) is 1.49. The quantitative estimate of drug-likeness (QED) is 0.263. The monoisotopic (exact) mass is 241 g/mol. The maximum absolute atomic E-state index is 10.6. The van der Waals surface area contributed by atoms with E-state index in [0.717, 1.165) is 4.44 Å². The van der Waals surface area contributed by atoms with E-state index in [4.69, 9.17) is 5.53 Å². The molecule has 0 amide bonds. The van der Waals surface area contributed by atoms with Gasteiger partial charge in [0, 0.05) is 0 Å². The summed E-state index contributed by atoms with van der Waals surface area (Å²) in [5, 5.41) is 3.51. The predicted octanol–water partition coefficient (Wildman–Crippen LogP) is 2.29. The Balaban J connectivity index is 2.94. The molecule has 0 aliphatic heterocycles. The van der Waals surface area contributed by atoms with Crippen molar-refractivity contribution in [1.82, 2.24) is 0 Å². The molecule has 0 unspecified atom stereocenters. The fourth-order valence-corrected chi connectivity index (χ4v) is 2.27. The van der Waals surface area contributed by atoms with Gasteiger partial charge in [-0.3, -0.25) is 0 Å². The predicted molar refractivity (Wildman–Crippen MR) is 51.9 cm³/mol. The van der Waals surface area contributed by atoms with E-state index in [1.807, 2.05) is 4.94 Å². The first-order chi connectivity index (χ1) is 6.24. The van der Waals surface area contributed by atoms with Gasteiger partial charge in [0.2, 0.25) is 0 Å². The SMILES string of the molecule is CC(=O)/C=C/c1[se]ccc1N=[N+]=[N-]. The van der Waals surface area contributed by atoms with Crippen molar-refractivity contribution >= 4 is 32.1 Å². The zero-order valence-electron chi connectivity index (χ0n) is 6.97. The average molecular weight is 240 g/mol. The van der Waals surface area contributed by atoms with Gasteiger partial charge in [-0.05, 0) is 0 Å². The Morgan fingerprint density at radius 1 is 1.77 bits per heavy atom. The Kier molecular flexibility index (Phi) is 3.53. The van der Waals surface area contributed by atoms with Gasteiger partial charge in [0.1, 0.15) is 0 Å². The molecule has 1 aromatic heterocycles. The zero-order valence-corrected chi connectivity index (χ0v) is 8.68. The first-order valence-corrected chi connectivity index (χ1v) is 5.40. The second-order valence-electron chi connectivity index (χ2n) is 2.30. The van der Waals surface area contributed by atoms with Crippen molar-refractivity contribution in [3.05, 3.63) is 32.0 Å². The van der Waals surface area contributed by atoms with Crippen molar-refractivity contribution in [2.75, 3.05) is 0 Å². The number of ketones is 1. The molecule has 0 radical (unpaired) electrons. The van der Waals surface area contributed by atoms with Crippen LogP contribution in [0.2, 0.25) is 0 Å². The summed E-state index contributed by atoms with van der Waals surface area (Å²) in [6, 6.07) is 1.78. The molecule has 0 aromatic carbocycles. The molecule has 0 N–H and O–H groups in total. The van der Waals surface area contributed by atoms with Gasteiger partial charge in [-0.2, -0.15) is 0 Å². The third kappa shape index (κ3) is 2.92. The minimum atomic E-state index is -0.00418. The van der Waals surface area contributed by atoms with E-state index in [1.54, 1.807) is 12.1 Å². The molecule has 0 aliphatic carbocycles. The van der Waals surface area contributed by atoms with E-state index in [1.165, 1.54) is 13.0 Å². The van der Waals surface area contributed by atoms with Crippen molar-refractivity contribution in [1.29, 1.82) is 0 Å². The van der Waals surface area contributed by atoms with Gasteiger partial charge in [0.15, 0.2) is 0 Å². The van der Waals surface area contributed by atoms with Crippen molar-refractivity contribution in [3.8, 4) is 0 Å². The number of carbonyl (C=O) groups is 1. The third-order valence-electron chi connectivity index (χ3n) is 1.30. The van der Waals surface area contributed by atoms with Gasteiger partial charge in [-0.25, -0.2) is 0 Å². The first-order valence-electron chi connectivity index (χ1n) is 3.55. The third-order valence-corrected chi connectivity index (χ3v) is 3.12. The Bertz CT molecular complexity index is 388. The number of nitrogens with zero attached hydrogens (tertiary/aromatic N) is 3. The normalized spacial score (nSPS) is 9.92. The molecule has 0 atom stereocenters. The summed E-state index contributed by atoms with van der Waals surface area (Å²) in [7, 11) is 0. The van der Waals surface area contributed by atoms with Gasteiger partial charge in [0.05, 0.1) is 0 Å². The molecule has 0 spiro atoms. The molecule has 0 saturated heterocycles. The van der Waals surface area contributed by atoms with Crippen LogP contribution in [0, 0.1) is 0 Å². The van der Waals surface area contributed by atoms with Gasteiger partial charge >= 0.3 is 80.8 Å². The summed E-state index contributed by atoms with van der Waals surface area (Å²) < 4.78 is 0.945. The van der Waals surface area contributed by atoms with E-state index in [0.29, 0.717) is 5.69 Å². The Morgan fingerprint density at radius 3 is 3.15 bits per heavy atom. The van der Waals surface area contributed by atoms with Crippen molar-refractivity contribution < 1.29 is 4.79 Å². The van der Waals surface area contributed by atoms with Crippen molar-refractivity contribution in [2.24, 2.45) is 5.11 Å². The van der Waals surface area contributed by atoms with E-state index in [9.17, 15) is 4.79 Å². The summed E-state index contributed by atoms with van der Waals surface area (Å²) in [5.74, 6) is -0.00418. The molecule has 13 heavy (non-hydrogen) atoms. The molecule has 1 heterocycles. The fraction of sp³-hybridized carbons (Fsp3) is 0.125. The molecule has 5 heteroatoms. The van der Waals surface area contributed by atoms with E-state index >= 15 is 0 Å². The Labute approximate surface area is 81.3 Å². The summed E-state index contributed by atoms with van der Waals surface area (Å²) in [4.78, 5) is 15.3. The van der Waals surface area contributed by atoms with Crippen LogP contribution in [0.15, 0.2) is 22.2 Å². The molecule has 0 aliphatic rings. The van der Waals surface area contributed by atoms with Crippen LogP contribution in [-0.2, 0) is 4.79 Å². The second-order valence-corrected chi connectivity index (χ2v) is 4.29. The molecule has 4 nitrogen and oxygen atoms in total. The fourth-order valence-electron chi connectivity index (χ4n) is 0.763. The van der Waals surface area contributed by atoms with E-state index < -0.39 is 0 Å². The Hall–Kier alpha value is -1.28. The van der Waals surface area contributed by atoms with Crippen LogP contribution in [0.1, 0.15) is 11.4 Å². The average Bonchev–Trinajstić information content (AvgIpc) is 2.49. The number of allylic oxidation sites excluding steroid dienone is 1. The summed E-state index contributed by atoms with van der Waals surface area (Å²) in [6.07, 6.45) is 3.20. The summed E-state index contributed by atoms with van der Waals surface area (Å²) in [5.41, 5.74) is 8.85. The molecule has 66 valence electrons. The number of hydrogen-bond donors (Lipinski definition) is 0. The van der Waals surface area contributed by atoms with Crippen LogP contribution < -0.4 is 0 Å². The molecule has 0 bridgehead atoms. The number of rotatable bonds is 3. The molecular weight excluding hydrogens is 233 g/mol. The van der Waals surface area contributed by atoms with Gasteiger partial charge in [-0.1, -0.05) is 0 Å². The van der Waals surface area contributed by atoms with Crippen molar-refractivity contribution in [3.63, 3.8) is 0 Å². The number of hydrogen-bond acceptors (Lipinski definition) is 2. The number of carbonyl (C=O) groups excluding carboxylic acids is 1. The van der Waals surface area contributed by atoms with Crippen LogP contribution >= 0.6 is 0 Å². The van der Waals surface area contributed by atoms with E-state index in [-0.39, 0.29) is 20.3 Å². The van der Waals surface area contributed by atoms with Gasteiger partial charge < -0.3 is 0 Å². The topological polar surface area (TPSA) is 65.8 Å². The number of azide groups is 1. The molecular formula is C8H7N3OSe. The molecule has 1 rings (SSSR count). The van der Waals surface area contributed by atoms with Gasteiger partial charge in [-0.15, -0.1) is 0 Å². The molecule has 0 fully saturated rings. The minimum absolute atomic E-state index is 0.00418. The van der Waals surface area contributed by atoms with Crippen LogP contribution in [0.4, 0.5) is 5.69 Å². The van der Waals surface area contributed by atoms with Crippen LogP contribution in [0.5, 0.6) is 0 Å². The maximum atomic E-state index is 10.6. The van der Waals surface area contributed by atoms with Crippen LogP contribution in [0.25, 0.3) is 16.5 Å². The van der Waals surface area contributed by atoms with Gasteiger partial charge in [0.25, 0.3) is 0 Å². The summed E-state index contributed by atoms with van der Waals surface area (Å²) >= 11 is 0.190. The van der Waals surface area contributed by atoms with Crippen LogP contribution in [-0.4, -0.2) is 20.3 Å². The second kappa shape index (κ2) is 4.67. The molecule has 0 saturated carbocycles. The van der Waals surface area contributed by atoms with Crippen LogP contribution in [0.3, 0.4) is 0 Å².